The van der Waals surface area contributed by atoms with Crippen molar-refractivity contribution < 1.29 is 4.74 Å². The molecule has 0 saturated carbocycles. The molecule has 0 N–H and O–H groups in total. The minimum Gasteiger partial charge on any atom is -0.493 e. The van der Waals surface area contributed by atoms with Gasteiger partial charge in [-0.05, 0) is 41.5 Å². The molecule has 4 aromatic rings. The molecule has 0 bridgehead atoms. The first-order valence-corrected chi connectivity index (χ1v) is 12.4. The third-order valence-corrected chi connectivity index (χ3v) is 6.49. The van der Waals surface area contributed by atoms with Crippen LogP contribution >= 0.6 is 27.7 Å². The quantitative estimate of drug-likeness (QED) is 0.192. The van der Waals surface area contributed by atoms with E-state index in [4.69, 9.17) is 9.84 Å². The molecule has 4 rings (SSSR count). The number of fused-ring (bicyclic) bond motifs is 1. The first kappa shape index (κ1) is 22.6. The Hall–Kier alpha value is -2.64. The predicted molar refractivity (Wildman–Crippen MR) is 136 cm³/mol. The summed E-state index contributed by atoms with van der Waals surface area (Å²) >= 11 is 5.11. The lowest BCUT2D eigenvalue weighted by Gasteiger charge is -2.11. The number of ether oxygens (including phenoxy) is 1. The predicted octanol–water partition coefficient (Wildman–Crippen LogP) is 6.89. The number of hydrogen-bond acceptors (Lipinski definition) is 5. The Labute approximate surface area is 201 Å². The largest absolute Gasteiger partial charge is 0.493 e. The van der Waals surface area contributed by atoms with Gasteiger partial charge < -0.3 is 4.74 Å². The molecular weight excluding hydrogens is 484 g/mol. The molecule has 0 aliphatic heterocycles. The van der Waals surface area contributed by atoms with Crippen LogP contribution in [0.2, 0.25) is 0 Å². The molecule has 5 nitrogen and oxygen atoms in total. The highest BCUT2D eigenvalue weighted by atomic mass is 79.9. The molecule has 0 atom stereocenters. The summed E-state index contributed by atoms with van der Waals surface area (Å²) in [6.45, 7) is 6.78. The van der Waals surface area contributed by atoms with Crippen LogP contribution in [0.15, 0.2) is 75.4 Å². The van der Waals surface area contributed by atoms with Crippen molar-refractivity contribution in [2.75, 3.05) is 6.61 Å². The fraction of sp³-hybridized carbons (Fsp3) is 0.240. The van der Waals surface area contributed by atoms with E-state index in [1.165, 1.54) is 5.56 Å². The minimum absolute atomic E-state index is 0.195. The highest BCUT2D eigenvalue weighted by Gasteiger charge is 2.16. The molecular formula is C25H25BrN4OS. The van der Waals surface area contributed by atoms with Gasteiger partial charge in [0.2, 0.25) is 5.16 Å². The molecule has 0 aliphatic carbocycles. The summed E-state index contributed by atoms with van der Waals surface area (Å²) in [6, 6.07) is 20.7. The molecule has 7 heteroatoms. The molecule has 0 unspecified atom stereocenters. The molecule has 32 heavy (non-hydrogen) atoms. The second kappa shape index (κ2) is 10.3. The van der Waals surface area contributed by atoms with Gasteiger partial charge in [0.1, 0.15) is 5.75 Å². The Morgan fingerprint density at radius 2 is 1.84 bits per heavy atom. The number of benzene rings is 3. The minimum atomic E-state index is 0.195. The molecule has 0 spiro atoms. The molecule has 1 aromatic heterocycles. The fourth-order valence-electron chi connectivity index (χ4n) is 3.37. The zero-order valence-corrected chi connectivity index (χ0v) is 20.7. The Morgan fingerprint density at radius 1 is 1.06 bits per heavy atom. The van der Waals surface area contributed by atoms with Crippen LogP contribution in [0, 0.1) is 0 Å². The third-order valence-electron chi connectivity index (χ3n) is 4.97. The highest BCUT2D eigenvalue weighted by Crippen LogP contribution is 2.28. The first-order valence-electron chi connectivity index (χ1n) is 10.6. The van der Waals surface area contributed by atoms with E-state index in [9.17, 15) is 0 Å². The molecule has 164 valence electrons. The monoisotopic (exact) mass is 508 g/mol. The lowest BCUT2D eigenvalue weighted by molar-refractivity contribution is 0.340. The van der Waals surface area contributed by atoms with Crippen LogP contribution in [-0.4, -0.2) is 27.7 Å². The molecule has 0 aliphatic rings. The van der Waals surface area contributed by atoms with Gasteiger partial charge in [-0.1, -0.05) is 84.0 Å². The lowest BCUT2D eigenvalue weighted by atomic mass is 10.0. The van der Waals surface area contributed by atoms with Gasteiger partial charge in [-0.3, -0.25) is 0 Å². The van der Waals surface area contributed by atoms with Crippen molar-refractivity contribution in [3.05, 3.63) is 82.1 Å². The smallest absolute Gasteiger partial charge is 0.212 e. The third kappa shape index (κ3) is 5.05. The summed E-state index contributed by atoms with van der Waals surface area (Å²) in [4.78, 5) is 0. The molecule has 0 saturated heterocycles. The summed E-state index contributed by atoms with van der Waals surface area (Å²) in [7, 11) is 0. The number of halogens is 1. The average molecular weight is 509 g/mol. The second-order valence-corrected chi connectivity index (χ2v) is 9.46. The van der Waals surface area contributed by atoms with Crippen molar-refractivity contribution in [3.63, 3.8) is 0 Å². The van der Waals surface area contributed by atoms with Crippen molar-refractivity contribution >= 4 is 44.7 Å². The average Bonchev–Trinajstić information content (AvgIpc) is 3.21. The number of rotatable bonds is 8. The topological polar surface area (TPSA) is 52.3 Å². The number of hydrogen-bond donors (Lipinski definition) is 0. The van der Waals surface area contributed by atoms with E-state index in [-0.39, 0.29) is 5.92 Å². The van der Waals surface area contributed by atoms with Gasteiger partial charge in [0.05, 0.1) is 12.8 Å². The molecule has 0 fully saturated rings. The summed E-state index contributed by atoms with van der Waals surface area (Å²) < 4.78 is 8.82. The van der Waals surface area contributed by atoms with E-state index in [2.05, 4.69) is 70.3 Å². The molecule has 0 radical (unpaired) electrons. The van der Waals surface area contributed by atoms with Gasteiger partial charge in [-0.25, -0.2) is 0 Å². The van der Waals surface area contributed by atoms with E-state index in [0.29, 0.717) is 6.61 Å². The van der Waals surface area contributed by atoms with Crippen molar-refractivity contribution in [3.8, 4) is 5.75 Å². The molecule has 1 heterocycles. The van der Waals surface area contributed by atoms with Crippen LogP contribution in [0.1, 0.15) is 43.6 Å². The standard InChI is InChI=1S/C25H25BrN4OS/c1-4-31-23-14-11-19-7-5-6-8-21(19)22(23)15-27-30-24(17(2)3)28-29-25(30)32-16-18-9-12-20(26)13-10-18/h5-15,17H,4,16H2,1-3H3/b27-15+. The van der Waals surface area contributed by atoms with E-state index in [1.807, 2.05) is 48.1 Å². The van der Waals surface area contributed by atoms with Gasteiger partial charge >= 0.3 is 0 Å². The Balaban J connectivity index is 1.70. The zero-order chi connectivity index (χ0) is 22.5. The summed E-state index contributed by atoms with van der Waals surface area (Å²) in [5.41, 5.74) is 2.17. The zero-order valence-electron chi connectivity index (χ0n) is 18.3. The van der Waals surface area contributed by atoms with Gasteiger partial charge in [-0.2, -0.15) is 9.78 Å². The summed E-state index contributed by atoms with van der Waals surface area (Å²) in [5, 5.41) is 16.7. The Bertz CT molecular complexity index is 1230. The lowest BCUT2D eigenvalue weighted by Crippen LogP contribution is -2.03. The summed E-state index contributed by atoms with van der Waals surface area (Å²) in [6.07, 6.45) is 1.87. The van der Waals surface area contributed by atoms with E-state index in [0.717, 1.165) is 43.3 Å². The first-order chi connectivity index (χ1) is 15.6. The number of nitrogens with zero attached hydrogens (tertiary/aromatic N) is 4. The fourth-order valence-corrected chi connectivity index (χ4v) is 4.48. The normalized spacial score (nSPS) is 11.7. The van der Waals surface area contributed by atoms with Crippen molar-refractivity contribution in [2.24, 2.45) is 5.10 Å². The maximum atomic E-state index is 5.90. The highest BCUT2D eigenvalue weighted by molar-refractivity contribution is 9.10. The molecule has 3 aromatic carbocycles. The van der Waals surface area contributed by atoms with E-state index >= 15 is 0 Å². The van der Waals surface area contributed by atoms with Crippen LogP contribution in [0.25, 0.3) is 10.8 Å². The van der Waals surface area contributed by atoms with Gasteiger partial charge in [0, 0.05) is 21.7 Å². The van der Waals surface area contributed by atoms with Crippen LogP contribution in [0.5, 0.6) is 5.75 Å². The molecule has 0 amide bonds. The second-order valence-electron chi connectivity index (χ2n) is 7.60. The van der Waals surface area contributed by atoms with Gasteiger partial charge in [-0.15, -0.1) is 10.2 Å². The van der Waals surface area contributed by atoms with E-state index in [1.54, 1.807) is 11.8 Å². The van der Waals surface area contributed by atoms with Crippen molar-refractivity contribution in [1.29, 1.82) is 0 Å². The van der Waals surface area contributed by atoms with Crippen LogP contribution < -0.4 is 4.74 Å². The van der Waals surface area contributed by atoms with Crippen LogP contribution in [0.4, 0.5) is 0 Å². The summed E-state index contributed by atoms with van der Waals surface area (Å²) in [5.74, 6) is 2.63. The van der Waals surface area contributed by atoms with Crippen LogP contribution in [-0.2, 0) is 5.75 Å². The Kier molecular flexibility index (Phi) is 7.27. The van der Waals surface area contributed by atoms with Gasteiger partial charge in [0.25, 0.3) is 0 Å². The van der Waals surface area contributed by atoms with Crippen LogP contribution in [0.3, 0.4) is 0 Å². The SMILES string of the molecule is CCOc1ccc2ccccc2c1/C=N/n1c(SCc2ccc(Br)cc2)nnc1C(C)C. The maximum Gasteiger partial charge on any atom is 0.212 e. The van der Waals surface area contributed by atoms with Gasteiger partial charge in [0.15, 0.2) is 5.82 Å². The van der Waals surface area contributed by atoms with Crippen molar-refractivity contribution in [2.45, 2.75) is 37.6 Å². The maximum absolute atomic E-state index is 5.90. The number of aromatic nitrogens is 3. The van der Waals surface area contributed by atoms with E-state index < -0.39 is 0 Å². The number of thioether (sulfide) groups is 1. The Morgan fingerprint density at radius 3 is 2.59 bits per heavy atom. The van der Waals surface area contributed by atoms with Crippen molar-refractivity contribution in [1.82, 2.24) is 14.9 Å².